The van der Waals surface area contributed by atoms with Gasteiger partial charge in [0.2, 0.25) is 0 Å². The van der Waals surface area contributed by atoms with Crippen LogP contribution in [0.15, 0.2) is 60.7 Å². The van der Waals surface area contributed by atoms with Crippen LogP contribution in [0.5, 0.6) is 0 Å². The van der Waals surface area contributed by atoms with E-state index in [0.29, 0.717) is 25.2 Å². The molecule has 2 aromatic rings. The summed E-state index contributed by atoms with van der Waals surface area (Å²) in [5.74, 6) is -0.0351. The van der Waals surface area contributed by atoms with Crippen molar-refractivity contribution < 1.29 is 18.0 Å². The van der Waals surface area contributed by atoms with Gasteiger partial charge in [-0.2, -0.15) is 13.2 Å². The van der Waals surface area contributed by atoms with Crippen LogP contribution >= 0.6 is 0 Å². The van der Waals surface area contributed by atoms with Crippen molar-refractivity contribution in [2.75, 3.05) is 13.1 Å². The monoisotopic (exact) mass is 331 g/mol. The van der Waals surface area contributed by atoms with E-state index >= 15 is 0 Å². The minimum absolute atomic E-state index is 0.0351. The van der Waals surface area contributed by atoms with Gasteiger partial charge in [-0.05, 0) is 34.9 Å². The van der Waals surface area contributed by atoms with Crippen molar-refractivity contribution in [3.8, 4) is 0 Å². The second-order valence-corrected chi connectivity index (χ2v) is 5.84. The highest BCUT2D eigenvalue weighted by Gasteiger charge is 2.30. The van der Waals surface area contributed by atoms with E-state index in [1.54, 1.807) is 0 Å². The summed E-state index contributed by atoms with van der Waals surface area (Å²) in [6, 6.07) is 14.7. The first-order valence-electron chi connectivity index (χ1n) is 7.59. The maximum absolute atomic E-state index is 12.7. The Morgan fingerprint density at radius 1 is 0.917 bits per heavy atom. The Labute approximate surface area is 138 Å². The van der Waals surface area contributed by atoms with Gasteiger partial charge in [-0.1, -0.05) is 42.5 Å². The van der Waals surface area contributed by atoms with Gasteiger partial charge in [-0.25, -0.2) is 0 Å². The minimum atomic E-state index is -4.35. The van der Waals surface area contributed by atoms with Crippen LogP contribution in [0.3, 0.4) is 0 Å². The topological polar surface area (TPSA) is 20.3 Å². The molecule has 0 spiro atoms. The molecule has 1 aliphatic rings. The standard InChI is InChI=1S/C19H16F3NO/c20-19(21,22)17-8-6-15(7-9-17)16-10-18(24)13-23(12-16)11-14-4-2-1-3-5-14/h1-10H,11-13H2. The molecule has 0 saturated carbocycles. The van der Waals surface area contributed by atoms with Crippen LogP contribution in [-0.4, -0.2) is 23.8 Å². The molecule has 0 atom stereocenters. The van der Waals surface area contributed by atoms with Crippen molar-refractivity contribution in [2.24, 2.45) is 0 Å². The van der Waals surface area contributed by atoms with Gasteiger partial charge in [-0.15, -0.1) is 0 Å². The highest BCUT2D eigenvalue weighted by molar-refractivity contribution is 6.00. The molecular weight excluding hydrogens is 315 g/mol. The van der Waals surface area contributed by atoms with Crippen molar-refractivity contribution in [1.29, 1.82) is 0 Å². The molecule has 2 nitrogen and oxygen atoms in total. The molecular formula is C19H16F3NO. The lowest BCUT2D eigenvalue weighted by Crippen LogP contribution is -2.34. The molecule has 0 aromatic heterocycles. The van der Waals surface area contributed by atoms with E-state index in [0.717, 1.165) is 23.3 Å². The van der Waals surface area contributed by atoms with E-state index in [-0.39, 0.29) is 5.78 Å². The highest BCUT2D eigenvalue weighted by Crippen LogP contribution is 2.30. The zero-order valence-electron chi connectivity index (χ0n) is 12.9. The summed E-state index contributed by atoms with van der Waals surface area (Å²) in [6.07, 6.45) is -2.82. The van der Waals surface area contributed by atoms with Crippen molar-refractivity contribution in [1.82, 2.24) is 4.90 Å². The van der Waals surface area contributed by atoms with Crippen molar-refractivity contribution >= 4 is 11.4 Å². The number of nitrogens with zero attached hydrogens (tertiary/aromatic N) is 1. The number of alkyl halides is 3. The summed E-state index contributed by atoms with van der Waals surface area (Å²) < 4.78 is 38.0. The lowest BCUT2D eigenvalue weighted by Gasteiger charge is -2.26. The molecule has 3 rings (SSSR count). The summed E-state index contributed by atoms with van der Waals surface area (Å²) in [5, 5.41) is 0. The maximum Gasteiger partial charge on any atom is 0.416 e. The zero-order valence-corrected chi connectivity index (χ0v) is 12.9. The fraction of sp³-hybridized carbons (Fsp3) is 0.211. The van der Waals surface area contributed by atoms with E-state index in [2.05, 4.69) is 0 Å². The number of hydrogen-bond acceptors (Lipinski definition) is 2. The lowest BCUT2D eigenvalue weighted by molar-refractivity contribution is -0.137. The first-order valence-corrected chi connectivity index (χ1v) is 7.59. The third-order valence-corrected chi connectivity index (χ3v) is 3.94. The molecule has 0 saturated heterocycles. The average molecular weight is 331 g/mol. The summed E-state index contributed by atoms with van der Waals surface area (Å²) in [5.41, 5.74) is 1.80. The lowest BCUT2D eigenvalue weighted by atomic mass is 9.99. The first kappa shape index (κ1) is 16.5. The molecule has 0 unspecified atom stereocenters. The van der Waals surface area contributed by atoms with Crippen molar-refractivity contribution in [3.05, 3.63) is 77.4 Å². The Bertz CT molecular complexity index is 748. The van der Waals surface area contributed by atoms with E-state index in [1.807, 2.05) is 35.2 Å². The number of rotatable bonds is 3. The van der Waals surface area contributed by atoms with Crippen LogP contribution in [0.1, 0.15) is 16.7 Å². The van der Waals surface area contributed by atoms with Crippen LogP contribution < -0.4 is 0 Å². The number of carbonyl (C=O) groups is 1. The third kappa shape index (κ3) is 3.92. The third-order valence-electron chi connectivity index (χ3n) is 3.94. The number of hydrogen-bond donors (Lipinski definition) is 0. The summed E-state index contributed by atoms with van der Waals surface area (Å²) in [6.45, 7) is 1.48. The van der Waals surface area contributed by atoms with Gasteiger partial charge in [0.15, 0.2) is 5.78 Å². The highest BCUT2D eigenvalue weighted by atomic mass is 19.4. The normalized spacial score (nSPS) is 16.1. The second-order valence-electron chi connectivity index (χ2n) is 5.84. The number of carbonyl (C=O) groups excluding carboxylic acids is 1. The van der Waals surface area contributed by atoms with Crippen LogP contribution in [0.25, 0.3) is 5.57 Å². The molecule has 5 heteroatoms. The Morgan fingerprint density at radius 2 is 1.58 bits per heavy atom. The van der Waals surface area contributed by atoms with E-state index in [4.69, 9.17) is 0 Å². The van der Waals surface area contributed by atoms with Crippen molar-refractivity contribution in [2.45, 2.75) is 12.7 Å². The van der Waals surface area contributed by atoms with Crippen LogP contribution in [0, 0.1) is 0 Å². The van der Waals surface area contributed by atoms with E-state index in [1.165, 1.54) is 18.2 Å². The molecule has 24 heavy (non-hydrogen) atoms. The minimum Gasteiger partial charge on any atom is -0.293 e. The summed E-state index contributed by atoms with van der Waals surface area (Å²) >= 11 is 0. The Kier molecular flexibility index (Phi) is 4.53. The molecule has 1 heterocycles. The Balaban J connectivity index is 1.77. The predicted octanol–water partition coefficient (Wildman–Crippen LogP) is 4.17. The fourth-order valence-corrected chi connectivity index (χ4v) is 2.80. The Morgan fingerprint density at radius 3 is 2.21 bits per heavy atom. The van der Waals surface area contributed by atoms with Crippen LogP contribution in [-0.2, 0) is 17.5 Å². The van der Waals surface area contributed by atoms with Gasteiger partial charge >= 0.3 is 6.18 Å². The molecule has 0 fully saturated rings. The van der Waals surface area contributed by atoms with E-state index < -0.39 is 11.7 Å². The molecule has 0 amide bonds. The number of benzene rings is 2. The van der Waals surface area contributed by atoms with Gasteiger partial charge in [0.1, 0.15) is 0 Å². The second kappa shape index (κ2) is 6.61. The molecule has 2 aromatic carbocycles. The molecule has 124 valence electrons. The Hall–Kier alpha value is -2.40. The fourth-order valence-electron chi connectivity index (χ4n) is 2.80. The van der Waals surface area contributed by atoms with Gasteiger partial charge in [-0.3, -0.25) is 9.69 Å². The van der Waals surface area contributed by atoms with Gasteiger partial charge in [0, 0.05) is 13.1 Å². The zero-order chi connectivity index (χ0) is 17.2. The van der Waals surface area contributed by atoms with Crippen LogP contribution in [0.2, 0.25) is 0 Å². The maximum atomic E-state index is 12.7. The molecule has 0 N–H and O–H groups in total. The van der Waals surface area contributed by atoms with Crippen LogP contribution in [0.4, 0.5) is 13.2 Å². The molecule has 0 radical (unpaired) electrons. The SMILES string of the molecule is O=C1C=C(c2ccc(C(F)(F)F)cc2)CN(Cc2ccccc2)C1. The average Bonchev–Trinajstić information content (AvgIpc) is 2.54. The number of halogens is 3. The summed E-state index contributed by atoms with van der Waals surface area (Å²) in [4.78, 5) is 14.0. The number of ketones is 1. The van der Waals surface area contributed by atoms with Gasteiger partial charge in [0.05, 0.1) is 12.1 Å². The molecule has 0 aliphatic carbocycles. The first-order chi connectivity index (χ1) is 11.4. The smallest absolute Gasteiger partial charge is 0.293 e. The predicted molar refractivity (Wildman–Crippen MR) is 86.1 cm³/mol. The van der Waals surface area contributed by atoms with E-state index in [9.17, 15) is 18.0 Å². The van der Waals surface area contributed by atoms with Crippen molar-refractivity contribution in [3.63, 3.8) is 0 Å². The van der Waals surface area contributed by atoms with Gasteiger partial charge in [0.25, 0.3) is 0 Å². The molecule has 1 aliphatic heterocycles. The largest absolute Gasteiger partial charge is 0.416 e. The quantitative estimate of drug-likeness (QED) is 0.841. The summed E-state index contributed by atoms with van der Waals surface area (Å²) in [7, 11) is 0. The molecule has 0 bridgehead atoms. The van der Waals surface area contributed by atoms with Gasteiger partial charge < -0.3 is 0 Å².